The average molecular weight is 293 g/mol. The predicted octanol–water partition coefficient (Wildman–Crippen LogP) is 1.41. The van der Waals surface area contributed by atoms with Crippen LogP contribution in [0.2, 0.25) is 0 Å². The van der Waals surface area contributed by atoms with E-state index in [0.29, 0.717) is 19.7 Å². The predicted molar refractivity (Wildman–Crippen MR) is 72.6 cm³/mol. The Balaban J connectivity index is 1.75. The van der Waals surface area contributed by atoms with Crippen molar-refractivity contribution in [2.45, 2.75) is 32.7 Å². The third-order valence-corrected chi connectivity index (χ3v) is 4.17. The molecule has 0 radical (unpaired) electrons. The van der Waals surface area contributed by atoms with Crippen LogP contribution in [0.4, 0.5) is 4.79 Å². The molecule has 2 aliphatic heterocycles. The van der Waals surface area contributed by atoms with Gasteiger partial charge < -0.3 is 14.2 Å². The topological polar surface area (TPSA) is 75.9 Å². The van der Waals surface area contributed by atoms with Gasteiger partial charge in [0.1, 0.15) is 18.9 Å². The highest BCUT2D eigenvalue weighted by atomic mass is 16.6. The summed E-state index contributed by atoms with van der Waals surface area (Å²) < 4.78 is 10.1. The van der Waals surface area contributed by atoms with Crippen molar-refractivity contribution < 1.29 is 18.8 Å². The second-order valence-electron chi connectivity index (χ2n) is 5.52. The van der Waals surface area contributed by atoms with Crippen LogP contribution in [0.3, 0.4) is 0 Å². The lowest BCUT2D eigenvalue weighted by Crippen LogP contribution is -2.40. The second kappa shape index (κ2) is 5.38. The maximum atomic E-state index is 12.5. The number of hydrogen-bond donors (Lipinski definition) is 0. The molecule has 0 aliphatic carbocycles. The zero-order chi connectivity index (χ0) is 15.0. The Kier molecular flexibility index (Phi) is 3.57. The van der Waals surface area contributed by atoms with E-state index in [4.69, 9.17) is 9.26 Å². The molecule has 1 atom stereocenters. The summed E-state index contributed by atoms with van der Waals surface area (Å²) in [4.78, 5) is 27.2. The van der Waals surface area contributed by atoms with E-state index < -0.39 is 6.09 Å². The van der Waals surface area contributed by atoms with E-state index in [2.05, 4.69) is 5.16 Å². The lowest BCUT2D eigenvalue weighted by Gasteiger charge is -2.26. The number of rotatable bonds is 3. The van der Waals surface area contributed by atoms with Crippen LogP contribution in [-0.4, -0.2) is 53.2 Å². The van der Waals surface area contributed by atoms with Gasteiger partial charge in [-0.15, -0.1) is 0 Å². The number of amides is 2. The fourth-order valence-electron chi connectivity index (χ4n) is 3.15. The van der Waals surface area contributed by atoms with Crippen LogP contribution < -0.4 is 0 Å². The molecule has 1 unspecified atom stereocenters. The molecule has 1 aromatic rings. The largest absolute Gasteiger partial charge is 0.448 e. The van der Waals surface area contributed by atoms with E-state index in [9.17, 15) is 9.59 Å². The summed E-state index contributed by atoms with van der Waals surface area (Å²) in [6.07, 6.45) is 1.45. The third kappa shape index (κ3) is 2.48. The zero-order valence-corrected chi connectivity index (χ0v) is 12.3. The van der Waals surface area contributed by atoms with Crippen LogP contribution in [0.5, 0.6) is 0 Å². The third-order valence-electron chi connectivity index (χ3n) is 4.17. The van der Waals surface area contributed by atoms with Crippen molar-refractivity contribution in [3.05, 3.63) is 17.0 Å². The van der Waals surface area contributed by atoms with Gasteiger partial charge in [0.2, 0.25) is 5.91 Å². The normalized spacial score (nSPS) is 22.0. The molecule has 0 saturated carbocycles. The van der Waals surface area contributed by atoms with E-state index in [1.165, 1.54) is 4.90 Å². The van der Waals surface area contributed by atoms with Gasteiger partial charge in [0.05, 0.1) is 18.3 Å². The number of carbonyl (C=O) groups excluding carboxylic acids is 2. The molecule has 2 aliphatic rings. The van der Waals surface area contributed by atoms with Crippen LogP contribution in [0.15, 0.2) is 4.52 Å². The Morgan fingerprint density at radius 2 is 2.19 bits per heavy atom. The molecule has 3 rings (SSSR count). The Morgan fingerprint density at radius 3 is 2.81 bits per heavy atom. The van der Waals surface area contributed by atoms with Crippen LogP contribution in [0.25, 0.3) is 0 Å². The highest BCUT2D eigenvalue weighted by molar-refractivity contribution is 5.83. The Hall–Kier alpha value is -2.05. The number of aromatic nitrogens is 1. The van der Waals surface area contributed by atoms with Gasteiger partial charge in [0.15, 0.2) is 0 Å². The molecule has 21 heavy (non-hydrogen) atoms. The minimum Gasteiger partial charge on any atom is -0.448 e. The number of ether oxygens (including phenoxy) is 1. The van der Waals surface area contributed by atoms with Crippen molar-refractivity contribution in [2.75, 3.05) is 26.2 Å². The summed E-state index contributed by atoms with van der Waals surface area (Å²) in [6.45, 7) is 5.39. The number of aryl methyl sites for hydroxylation is 2. The SMILES string of the molecule is Cc1noc(C)c1C1CCCN1C(=O)CN1CCOC1=O. The summed E-state index contributed by atoms with van der Waals surface area (Å²) in [7, 11) is 0. The first kappa shape index (κ1) is 13.9. The van der Waals surface area contributed by atoms with E-state index in [-0.39, 0.29) is 18.5 Å². The van der Waals surface area contributed by atoms with Crippen molar-refractivity contribution in [2.24, 2.45) is 0 Å². The summed E-state index contributed by atoms with van der Waals surface area (Å²) in [5.41, 5.74) is 1.84. The molecule has 2 fully saturated rings. The number of nitrogens with zero attached hydrogens (tertiary/aromatic N) is 3. The maximum Gasteiger partial charge on any atom is 0.410 e. The number of hydrogen-bond acceptors (Lipinski definition) is 5. The fourth-order valence-corrected chi connectivity index (χ4v) is 3.15. The molecule has 2 saturated heterocycles. The maximum absolute atomic E-state index is 12.5. The van der Waals surface area contributed by atoms with Gasteiger partial charge in [-0.2, -0.15) is 0 Å². The monoisotopic (exact) mass is 293 g/mol. The standard InChI is InChI=1S/C14H19N3O4/c1-9-13(10(2)21-15-9)11-4-3-5-17(11)12(18)8-16-6-7-20-14(16)19/h11H,3-8H2,1-2H3. The van der Waals surface area contributed by atoms with E-state index in [1.54, 1.807) is 0 Å². The number of likely N-dealkylation sites (tertiary alicyclic amines) is 1. The molecule has 7 heteroatoms. The van der Waals surface area contributed by atoms with Gasteiger partial charge >= 0.3 is 6.09 Å². The van der Waals surface area contributed by atoms with Gasteiger partial charge in [-0.1, -0.05) is 5.16 Å². The van der Waals surface area contributed by atoms with Crippen molar-refractivity contribution in [3.8, 4) is 0 Å². The molecule has 1 aromatic heterocycles. The lowest BCUT2D eigenvalue weighted by atomic mass is 10.0. The first-order valence-corrected chi connectivity index (χ1v) is 7.22. The van der Waals surface area contributed by atoms with Crippen LogP contribution in [0.1, 0.15) is 35.9 Å². The summed E-state index contributed by atoms with van der Waals surface area (Å²) in [5.74, 6) is 0.717. The molecule has 7 nitrogen and oxygen atoms in total. The molecule has 0 N–H and O–H groups in total. The number of cyclic esters (lactones) is 1. The van der Waals surface area contributed by atoms with Crippen LogP contribution in [0, 0.1) is 13.8 Å². The summed E-state index contributed by atoms with van der Waals surface area (Å²) >= 11 is 0. The molecule has 3 heterocycles. The van der Waals surface area contributed by atoms with Crippen molar-refractivity contribution in [1.82, 2.24) is 15.0 Å². The Bertz CT molecular complexity index is 549. The second-order valence-corrected chi connectivity index (χ2v) is 5.52. The summed E-state index contributed by atoms with van der Waals surface area (Å²) in [5, 5.41) is 3.97. The van der Waals surface area contributed by atoms with E-state index >= 15 is 0 Å². The zero-order valence-electron chi connectivity index (χ0n) is 12.3. The highest BCUT2D eigenvalue weighted by Crippen LogP contribution is 2.35. The van der Waals surface area contributed by atoms with E-state index in [1.807, 2.05) is 18.7 Å². The molecule has 0 bridgehead atoms. The molecule has 0 aromatic carbocycles. The minimum absolute atomic E-state index is 0.00220. The lowest BCUT2D eigenvalue weighted by molar-refractivity contribution is -0.132. The average Bonchev–Trinajstić information content (AvgIpc) is 3.13. The van der Waals surface area contributed by atoms with Gasteiger partial charge in [-0.3, -0.25) is 9.69 Å². The molecular weight excluding hydrogens is 274 g/mol. The molecular formula is C14H19N3O4. The van der Waals surface area contributed by atoms with Crippen LogP contribution >= 0.6 is 0 Å². The van der Waals surface area contributed by atoms with Gasteiger partial charge in [-0.25, -0.2) is 4.79 Å². The Morgan fingerprint density at radius 1 is 1.38 bits per heavy atom. The molecule has 0 spiro atoms. The first-order chi connectivity index (χ1) is 10.1. The van der Waals surface area contributed by atoms with E-state index in [0.717, 1.165) is 29.9 Å². The van der Waals surface area contributed by atoms with Gasteiger partial charge in [-0.05, 0) is 26.7 Å². The Labute approximate surface area is 122 Å². The molecule has 2 amide bonds. The summed E-state index contributed by atoms with van der Waals surface area (Å²) in [6, 6.07) is 0.00220. The van der Waals surface area contributed by atoms with Crippen LogP contribution in [-0.2, 0) is 9.53 Å². The van der Waals surface area contributed by atoms with Crippen molar-refractivity contribution in [3.63, 3.8) is 0 Å². The molecule has 114 valence electrons. The van der Waals surface area contributed by atoms with Crippen molar-refractivity contribution >= 4 is 12.0 Å². The smallest absolute Gasteiger partial charge is 0.410 e. The quantitative estimate of drug-likeness (QED) is 0.842. The first-order valence-electron chi connectivity index (χ1n) is 7.22. The minimum atomic E-state index is -0.406. The fraction of sp³-hybridized carbons (Fsp3) is 0.643. The highest BCUT2D eigenvalue weighted by Gasteiger charge is 2.35. The van der Waals surface area contributed by atoms with Gasteiger partial charge in [0.25, 0.3) is 0 Å². The van der Waals surface area contributed by atoms with Gasteiger partial charge in [0, 0.05) is 12.1 Å². The number of carbonyl (C=O) groups is 2. The van der Waals surface area contributed by atoms with Crippen molar-refractivity contribution in [1.29, 1.82) is 0 Å².